The van der Waals surface area contributed by atoms with E-state index in [9.17, 15) is 4.39 Å². The third-order valence-corrected chi connectivity index (χ3v) is 2.52. The molecule has 0 amide bonds. The Morgan fingerprint density at radius 1 is 1.25 bits per heavy atom. The van der Waals surface area contributed by atoms with Crippen molar-refractivity contribution in [3.8, 4) is 5.75 Å². The predicted molar refractivity (Wildman–Crippen MR) is 60.5 cm³/mol. The topological polar surface area (TPSA) is 35.0 Å². The van der Waals surface area contributed by atoms with Gasteiger partial charge in [0.05, 0.1) is 4.47 Å². The van der Waals surface area contributed by atoms with Gasteiger partial charge in [0.1, 0.15) is 24.5 Å². The van der Waals surface area contributed by atoms with E-state index in [0.29, 0.717) is 16.8 Å². The molecule has 82 valence electrons. The molecule has 2 rings (SSSR count). The number of nitrogens with zero attached hydrogens (tertiary/aromatic N) is 2. The van der Waals surface area contributed by atoms with E-state index in [4.69, 9.17) is 4.74 Å². The first-order valence-electron chi connectivity index (χ1n) is 4.57. The molecule has 0 bridgehead atoms. The Balaban J connectivity index is 2.03. The van der Waals surface area contributed by atoms with E-state index in [1.165, 1.54) is 12.4 Å². The molecule has 0 saturated heterocycles. The van der Waals surface area contributed by atoms with Gasteiger partial charge < -0.3 is 4.74 Å². The van der Waals surface area contributed by atoms with Gasteiger partial charge in [-0.3, -0.25) is 0 Å². The molecule has 0 atom stereocenters. The summed E-state index contributed by atoms with van der Waals surface area (Å²) >= 11 is 3.09. The highest BCUT2D eigenvalue weighted by Gasteiger charge is 2.01. The van der Waals surface area contributed by atoms with Crippen LogP contribution in [-0.2, 0) is 6.61 Å². The molecule has 0 spiro atoms. The van der Waals surface area contributed by atoms with Crippen LogP contribution >= 0.6 is 15.9 Å². The van der Waals surface area contributed by atoms with Crippen molar-refractivity contribution in [1.29, 1.82) is 0 Å². The predicted octanol–water partition coefficient (Wildman–Crippen LogP) is 2.96. The summed E-state index contributed by atoms with van der Waals surface area (Å²) in [5, 5.41) is 0. The van der Waals surface area contributed by atoms with Crippen molar-refractivity contribution < 1.29 is 9.13 Å². The number of benzene rings is 1. The number of aromatic nitrogens is 2. The lowest BCUT2D eigenvalue weighted by molar-refractivity contribution is 0.304. The van der Waals surface area contributed by atoms with Crippen molar-refractivity contribution in [1.82, 2.24) is 9.97 Å². The number of ether oxygens (including phenoxy) is 1. The maximum absolute atomic E-state index is 12.9. The zero-order valence-electron chi connectivity index (χ0n) is 8.23. The van der Waals surface area contributed by atoms with E-state index >= 15 is 0 Å². The number of rotatable bonds is 3. The molecule has 0 saturated carbocycles. The Morgan fingerprint density at radius 2 is 2.00 bits per heavy atom. The third kappa shape index (κ3) is 2.76. The van der Waals surface area contributed by atoms with E-state index in [1.807, 2.05) is 0 Å². The summed E-state index contributed by atoms with van der Waals surface area (Å²) in [5.74, 6) is 0.285. The van der Waals surface area contributed by atoms with Crippen LogP contribution in [0.4, 0.5) is 4.39 Å². The molecular weight excluding hydrogens is 275 g/mol. The monoisotopic (exact) mass is 282 g/mol. The summed E-state index contributed by atoms with van der Waals surface area (Å²) in [6.45, 7) is 0.360. The molecule has 0 aliphatic heterocycles. The fourth-order valence-corrected chi connectivity index (χ4v) is 1.50. The van der Waals surface area contributed by atoms with Gasteiger partial charge in [0.25, 0.3) is 0 Å². The highest BCUT2D eigenvalue weighted by Crippen LogP contribution is 2.22. The molecule has 0 fully saturated rings. The normalized spacial score (nSPS) is 10.1. The van der Waals surface area contributed by atoms with E-state index in [0.717, 1.165) is 5.56 Å². The lowest BCUT2D eigenvalue weighted by Gasteiger charge is -2.06. The van der Waals surface area contributed by atoms with Gasteiger partial charge in [-0.1, -0.05) is 0 Å². The standard InChI is InChI=1S/C11H8BrFN2O/c12-10-3-9(1-2-11(10)13)16-6-8-4-14-7-15-5-8/h1-5,7H,6H2. The first-order valence-corrected chi connectivity index (χ1v) is 5.37. The van der Waals surface area contributed by atoms with Crippen molar-refractivity contribution in [3.05, 3.63) is 52.8 Å². The maximum Gasteiger partial charge on any atom is 0.137 e. The second-order valence-corrected chi connectivity index (χ2v) is 3.97. The number of hydrogen-bond donors (Lipinski definition) is 0. The lowest BCUT2D eigenvalue weighted by Crippen LogP contribution is -1.96. The van der Waals surface area contributed by atoms with Crippen LogP contribution in [0.2, 0.25) is 0 Å². The molecule has 1 heterocycles. The van der Waals surface area contributed by atoms with E-state index in [-0.39, 0.29) is 5.82 Å². The largest absolute Gasteiger partial charge is 0.489 e. The first kappa shape index (κ1) is 11.0. The van der Waals surface area contributed by atoms with Crippen LogP contribution in [0.1, 0.15) is 5.56 Å². The summed E-state index contributed by atoms with van der Waals surface area (Å²) in [4.78, 5) is 7.74. The molecule has 0 unspecified atom stereocenters. The number of halogens is 2. The van der Waals surface area contributed by atoms with Gasteiger partial charge in [0.15, 0.2) is 0 Å². The van der Waals surface area contributed by atoms with E-state index in [2.05, 4.69) is 25.9 Å². The van der Waals surface area contributed by atoms with Crippen LogP contribution in [0.5, 0.6) is 5.75 Å². The molecule has 1 aromatic heterocycles. The summed E-state index contributed by atoms with van der Waals surface area (Å²) in [6.07, 6.45) is 4.80. The van der Waals surface area contributed by atoms with Gasteiger partial charge in [-0.2, -0.15) is 0 Å². The highest BCUT2D eigenvalue weighted by atomic mass is 79.9. The Bertz CT molecular complexity index is 479. The molecule has 5 heteroatoms. The fraction of sp³-hybridized carbons (Fsp3) is 0.0909. The molecule has 1 aromatic carbocycles. The summed E-state index contributed by atoms with van der Waals surface area (Å²) in [5.41, 5.74) is 0.864. The molecule has 16 heavy (non-hydrogen) atoms. The number of hydrogen-bond acceptors (Lipinski definition) is 3. The zero-order valence-corrected chi connectivity index (χ0v) is 9.82. The summed E-state index contributed by atoms with van der Waals surface area (Å²) < 4.78 is 18.8. The van der Waals surface area contributed by atoms with Crippen molar-refractivity contribution >= 4 is 15.9 Å². The average Bonchev–Trinajstić information content (AvgIpc) is 2.32. The molecule has 0 radical (unpaired) electrons. The smallest absolute Gasteiger partial charge is 0.137 e. The van der Waals surface area contributed by atoms with Gasteiger partial charge in [-0.05, 0) is 34.1 Å². The molecule has 0 N–H and O–H groups in total. The van der Waals surface area contributed by atoms with Gasteiger partial charge in [-0.15, -0.1) is 0 Å². The Kier molecular flexibility index (Phi) is 3.46. The van der Waals surface area contributed by atoms with Gasteiger partial charge in [0.2, 0.25) is 0 Å². The maximum atomic E-state index is 12.9. The van der Waals surface area contributed by atoms with Crippen molar-refractivity contribution in [2.75, 3.05) is 0 Å². The van der Waals surface area contributed by atoms with Crippen molar-refractivity contribution in [2.45, 2.75) is 6.61 Å². The molecule has 0 aliphatic carbocycles. The minimum atomic E-state index is -0.310. The second kappa shape index (κ2) is 5.03. The second-order valence-electron chi connectivity index (χ2n) is 3.11. The van der Waals surface area contributed by atoms with Crippen molar-refractivity contribution in [2.24, 2.45) is 0 Å². The van der Waals surface area contributed by atoms with Crippen molar-refractivity contribution in [3.63, 3.8) is 0 Å². The minimum Gasteiger partial charge on any atom is -0.489 e. The van der Waals surface area contributed by atoms with Crippen LogP contribution < -0.4 is 4.74 Å². The Labute approximate surface area is 100 Å². The van der Waals surface area contributed by atoms with Crippen LogP contribution in [0, 0.1) is 5.82 Å². The van der Waals surface area contributed by atoms with E-state index < -0.39 is 0 Å². The molecule has 0 aliphatic rings. The molecular formula is C11H8BrFN2O. The van der Waals surface area contributed by atoms with Gasteiger partial charge >= 0.3 is 0 Å². The lowest BCUT2D eigenvalue weighted by atomic mass is 10.3. The first-order chi connectivity index (χ1) is 7.75. The Hall–Kier alpha value is -1.49. The van der Waals surface area contributed by atoms with Crippen LogP contribution in [0.25, 0.3) is 0 Å². The van der Waals surface area contributed by atoms with Gasteiger partial charge in [0, 0.05) is 18.0 Å². The Morgan fingerprint density at radius 3 is 2.69 bits per heavy atom. The van der Waals surface area contributed by atoms with Gasteiger partial charge in [-0.25, -0.2) is 14.4 Å². The quantitative estimate of drug-likeness (QED) is 0.868. The van der Waals surface area contributed by atoms with Crippen LogP contribution in [0.3, 0.4) is 0 Å². The fourth-order valence-electron chi connectivity index (χ4n) is 1.14. The zero-order chi connectivity index (χ0) is 11.4. The third-order valence-electron chi connectivity index (χ3n) is 1.91. The molecule has 3 nitrogen and oxygen atoms in total. The highest BCUT2D eigenvalue weighted by molar-refractivity contribution is 9.10. The van der Waals surface area contributed by atoms with E-state index in [1.54, 1.807) is 24.5 Å². The summed E-state index contributed by atoms with van der Waals surface area (Å²) in [7, 11) is 0. The minimum absolute atomic E-state index is 0.310. The van der Waals surface area contributed by atoms with Crippen LogP contribution in [-0.4, -0.2) is 9.97 Å². The molecule has 2 aromatic rings. The SMILES string of the molecule is Fc1ccc(OCc2cncnc2)cc1Br. The summed E-state index contributed by atoms with van der Waals surface area (Å²) in [6, 6.07) is 4.50. The van der Waals surface area contributed by atoms with Crippen LogP contribution in [0.15, 0.2) is 41.4 Å². The average molecular weight is 283 g/mol.